The molecule has 1 aliphatic heterocycles. The third-order valence-electron chi connectivity index (χ3n) is 5.23. The van der Waals surface area contributed by atoms with Crippen LogP contribution in [-0.4, -0.2) is 35.3 Å². The number of hydrogen-bond acceptors (Lipinski definition) is 4. The predicted molar refractivity (Wildman–Crippen MR) is 104 cm³/mol. The van der Waals surface area contributed by atoms with E-state index in [9.17, 15) is 8.42 Å². The van der Waals surface area contributed by atoms with Crippen LogP contribution < -0.4 is 5.32 Å². The van der Waals surface area contributed by atoms with Crippen molar-refractivity contribution < 1.29 is 12.8 Å². The Kier molecular flexibility index (Phi) is 6.02. The summed E-state index contributed by atoms with van der Waals surface area (Å²) in [5.41, 5.74) is 0. The lowest BCUT2D eigenvalue weighted by molar-refractivity contribution is 0.230. The number of halogens is 1. The van der Waals surface area contributed by atoms with E-state index >= 15 is 0 Å². The van der Waals surface area contributed by atoms with Crippen LogP contribution in [0.3, 0.4) is 0 Å². The molecule has 136 valence electrons. The van der Waals surface area contributed by atoms with Gasteiger partial charge in [0.05, 0.1) is 4.90 Å². The minimum absolute atomic E-state index is 0.00669. The average molecular weight is 434 g/mol. The predicted octanol–water partition coefficient (Wildman–Crippen LogP) is 4.18. The Balaban J connectivity index is 2.14. The second kappa shape index (κ2) is 7.19. The number of hydrogen-bond donors (Lipinski definition) is 1. The molecule has 1 fully saturated rings. The van der Waals surface area contributed by atoms with Crippen molar-refractivity contribution >= 4 is 34.1 Å². The molecule has 0 spiro atoms. The molecular weight excluding hydrogens is 406 g/mol. The van der Waals surface area contributed by atoms with Gasteiger partial charge in [-0.3, -0.25) is 0 Å². The maximum Gasteiger partial charge on any atom is 0.194 e. The summed E-state index contributed by atoms with van der Waals surface area (Å²) in [7, 11) is -5.28. The molecule has 1 heterocycles. The van der Waals surface area contributed by atoms with Gasteiger partial charge in [-0.2, -0.15) is 0 Å². The molecule has 0 amide bonds. The SMILES string of the molecule is CC(C)(C)[Si](C)(C)OCC1CCNC1S(=O)(=O)c1ccc(Br)cc1. The van der Waals surface area contributed by atoms with Gasteiger partial charge >= 0.3 is 0 Å². The van der Waals surface area contributed by atoms with E-state index in [0.29, 0.717) is 18.0 Å². The van der Waals surface area contributed by atoms with Gasteiger partial charge < -0.3 is 9.74 Å². The van der Waals surface area contributed by atoms with Crippen LogP contribution in [0.25, 0.3) is 0 Å². The maximum absolute atomic E-state index is 13.0. The highest BCUT2D eigenvalue weighted by Crippen LogP contribution is 2.37. The van der Waals surface area contributed by atoms with E-state index in [4.69, 9.17) is 4.43 Å². The topological polar surface area (TPSA) is 55.4 Å². The highest BCUT2D eigenvalue weighted by molar-refractivity contribution is 9.10. The van der Waals surface area contributed by atoms with Gasteiger partial charge in [-0.1, -0.05) is 36.7 Å². The molecule has 2 atom stereocenters. The molecule has 1 aromatic rings. The molecule has 0 aliphatic carbocycles. The second-order valence-electron chi connectivity index (χ2n) is 7.99. The van der Waals surface area contributed by atoms with E-state index in [0.717, 1.165) is 10.9 Å². The third-order valence-corrected chi connectivity index (χ3v) is 12.4. The van der Waals surface area contributed by atoms with Crippen molar-refractivity contribution in [2.24, 2.45) is 5.92 Å². The van der Waals surface area contributed by atoms with Crippen molar-refractivity contribution in [1.29, 1.82) is 0 Å². The first-order chi connectivity index (χ1) is 10.9. The zero-order chi connectivity index (χ0) is 18.2. The smallest absolute Gasteiger partial charge is 0.194 e. The van der Waals surface area contributed by atoms with Crippen molar-refractivity contribution in [1.82, 2.24) is 5.32 Å². The highest BCUT2D eigenvalue weighted by Gasteiger charge is 2.42. The Morgan fingerprint density at radius 2 is 1.83 bits per heavy atom. The largest absolute Gasteiger partial charge is 0.416 e. The van der Waals surface area contributed by atoms with Crippen LogP contribution in [0.1, 0.15) is 27.2 Å². The van der Waals surface area contributed by atoms with Crippen molar-refractivity contribution in [2.75, 3.05) is 13.2 Å². The van der Waals surface area contributed by atoms with Crippen molar-refractivity contribution in [3.8, 4) is 0 Å². The molecule has 1 N–H and O–H groups in total. The van der Waals surface area contributed by atoms with Crippen LogP contribution in [0.2, 0.25) is 18.1 Å². The first-order valence-electron chi connectivity index (χ1n) is 8.32. The Morgan fingerprint density at radius 1 is 1.25 bits per heavy atom. The molecule has 2 rings (SSSR count). The first kappa shape index (κ1) is 20.1. The Bertz CT molecular complexity index is 668. The lowest BCUT2D eigenvalue weighted by Crippen LogP contribution is -2.44. The number of benzene rings is 1. The van der Waals surface area contributed by atoms with Crippen LogP contribution in [0, 0.1) is 5.92 Å². The number of rotatable bonds is 5. The lowest BCUT2D eigenvalue weighted by Gasteiger charge is -2.37. The Labute approximate surface area is 155 Å². The van der Waals surface area contributed by atoms with E-state index in [2.05, 4.69) is 55.1 Å². The summed E-state index contributed by atoms with van der Waals surface area (Å²) in [6.07, 6.45) is 0.828. The van der Waals surface area contributed by atoms with Gasteiger partial charge in [0.15, 0.2) is 18.2 Å². The molecule has 0 radical (unpaired) electrons. The van der Waals surface area contributed by atoms with Crippen LogP contribution in [0.5, 0.6) is 0 Å². The standard InChI is InChI=1S/C17H28BrNO3SSi/c1-17(2,3)24(4,5)22-12-13-10-11-19-16(13)23(20,21)15-8-6-14(18)7-9-15/h6-9,13,16,19H,10-12H2,1-5H3. The van der Waals surface area contributed by atoms with Gasteiger partial charge in [-0.15, -0.1) is 0 Å². The number of nitrogens with one attached hydrogen (secondary N) is 1. The zero-order valence-corrected chi connectivity index (χ0v) is 18.5. The summed E-state index contributed by atoms with van der Waals surface area (Å²) >= 11 is 3.35. The average Bonchev–Trinajstić information content (AvgIpc) is 2.93. The second-order valence-corrected chi connectivity index (χ2v) is 15.8. The molecule has 4 nitrogen and oxygen atoms in total. The number of sulfone groups is 1. The molecule has 7 heteroatoms. The Hall–Kier alpha value is -0.213. The monoisotopic (exact) mass is 433 g/mol. The summed E-state index contributed by atoms with van der Waals surface area (Å²) in [5, 5.41) is 2.73. The minimum Gasteiger partial charge on any atom is -0.416 e. The summed E-state index contributed by atoms with van der Waals surface area (Å²) in [6.45, 7) is 12.2. The van der Waals surface area contributed by atoms with Crippen LogP contribution >= 0.6 is 15.9 Å². The maximum atomic E-state index is 13.0. The fraction of sp³-hybridized carbons (Fsp3) is 0.647. The molecule has 1 aliphatic rings. The van der Waals surface area contributed by atoms with E-state index in [-0.39, 0.29) is 11.0 Å². The first-order valence-corrected chi connectivity index (χ1v) is 13.6. The summed E-state index contributed by atoms with van der Waals surface area (Å²) < 4.78 is 33.1. The van der Waals surface area contributed by atoms with Crippen LogP contribution in [0.15, 0.2) is 33.6 Å². The summed E-state index contributed by atoms with van der Waals surface area (Å²) in [5.74, 6) is -0.00669. The summed E-state index contributed by atoms with van der Waals surface area (Å²) in [6, 6.07) is 6.85. The molecule has 2 unspecified atom stereocenters. The van der Waals surface area contributed by atoms with Crippen LogP contribution in [0.4, 0.5) is 0 Å². The molecule has 0 aromatic heterocycles. The molecule has 1 aromatic carbocycles. The fourth-order valence-corrected chi connectivity index (χ4v) is 5.76. The Morgan fingerprint density at radius 3 is 2.38 bits per heavy atom. The van der Waals surface area contributed by atoms with Crippen molar-refractivity contribution in [2.45, 2.75) is 55.6 Å². The highest BCUT2D eigenvalue weighted by atomic mass is 79.9. The van der Waals surface area contributed by atoms with Crippen molar-refractivity contribution in [3.63, 3.8) is 0 Å². The molecule has 0 saturated carbocycles. The quantitative estimate of drug-likeness (QED) is 0.707. The van der Waals surface area contributed by atoms with E-state index in [1.54, 1.807) is 24.3 Å². The van der Waals surface area contributed by atoms with Gasteiger partial charge in [-0.25, -0.2) is 8.42 Å². The van der Waals surface area contributed by atoms with E-state index < -0.39 is 23.5 Å². The van der Waals surface area contributed by atoms with Gasteiger partial charge in [-0.05, 0) is 55.4 Å². The zero-order valence-electron chi connectivity index (χ0n) is 15.1. The normalized spacial score (nSPS) is 22.8. The van der Waals surface area contributed by atoms with Crippen LogP contribution in [-0.2, 0) is 14.3 Å². The molecule has 0 bridgehead atoms. The lowest BCUT2D eigenvalue weighted by atomic mass is 10.1. The minimum atomic E-state index is -3.40. The van der Waals surface area contributed by atoms with Gasteiger partial charge in [0.1, 0.15) is 5.37 Å². The fourth-order valence-electron chi connectivity index (χ4n) is 2.57. The van der Waals surface area contributed by atoms with Crippen molar-refractivity contribution in [3.05, 3.63) is 28.7 Å². The third kappa shape index (κ3) is 4.30. The molecule has 1 saturated heterocycles. The van der Waals surface area contributed by atoms with E-state index in [1.165, 1.54) is 0 Å². The molecule has 24 heavy (non-hydrogen) atoms. The summed E-state index contributed by atoms with van der Waals surface area (Å²) in [4.78, 5) is 0.363. The van der Waals surface area contributed by atoms with Gasteiger partial charge in [0, 0.05) is 17.0 Å². The van der Waals surface area contributed by atoms with Gasteiger partial charge in [0.25, 0.3) is 0 Å². The van der Waals surface area contributed by atoms with Gasteiger partial charge in [0.2, 0.25) is 0 Å². The van der Waals surface area contributed by atoms with E-state index in [1.807, 2.05) is 0 Å². The molecular formula is C17H28BrNO3SSi.